The lowest BCUT2D eigenvalue weighted by atomic mass is 10.2. The first-order chi connectivity index (χ1) is 7.78. The second-order valence-electron chi connectivity index (χ2n) is 3.77. The van der Waals surface area contributed by atoms with Gasteiger partial charge in [-0.3, -0.25) is 9.48 Å². The molecule has 0 spiro atoms. The second-order valence-corrected chi connectivity index (χ2v) is 4.33. The summed E-state index contributed by atoms with van der Waals surface area (Å²) in [4.78, 5) is 11.1. The highest BCUT2D eigenvalue weighted by molar-refractivity contribution is 9.09. The van der Waals surface area contributed by atoms with Crippen molar-refractivity contribution in [2.45, 2.75) is 25.5 Å². The van der Waals surface area contributed by atoms with E-state index in [1.807, 2.05) is 6.20 Å². The maximum atomic E-state index is 11.1. The fourth-order valence-electron chi connectivity index (χ4n) is 1.72. The molecule has 2 heterocycles. The summed E-state index contributed by atoms with van der Waals surface area (Å²) in [7, 11) is 0. The minimum atomic E-state index is -0.0725. The van der Waals surface area contributed by atoms with Crippen molar-refractivity contribution in [2.24, 2.45) is 0 Å². The summed E-state index contributed by atoms with van der Waals surface area (Å²) in [5.74, 6) is -0.0725. The van der Waals surface area contributed by atoms with Gasteiger partial charge in [0.1, 0.15) is 0 Å². The third-order valence-corrected chi connectivity index (χ3v) is 2.96. The van der Waals surface area contributed by atoms with Gasteiger partial charge in [0, 0.05) is 12.8 Å². The van der Waals surface area contributed by atoms with Crippen molar-refractivity contribution in [3.8, 4) is 0 Å². The van der Waals surface area contributed by atoms with Crippen LogP contribution in [-0.4, -0.2) is 33.7 Å². The zero-order valence-corrected chi connectivity index (χ0v) is 10.4. The largest absolute Gasteiger partial charge is 0.376 e. The Hall–Kier alpha value is -0.880. The van der Waals surface area contributed by atoms with E-state index in [0.717, 1.165) is 31.7 Å². The monoisotopic (exact) mass is 287 g/mol. The average Bonchev–Trinajstić information content (AvgIpc) is 2.91. The van der Waals surface area contributed by atoms with Crippen LogP contribution in [0.1, 0.15) is 12.8 Å². The van der Waals surface area contributed by atoms with Gasteiger partial charge in [-0.05, 0) is 12.8 Å². The molecule has 0 saturated carbocycles. The molecule has 16 heavy (non-hydrogen) atoms. The Kier molecular flexibility index (Phi) is 3.95. The van der Waals surface area contributed by atoms with Crippen LogP contribution in [-0.2, 0) is 16.1 Å². The lowest BCUT2D eigenvalue weighted by Gasteiger charge is -2.08. The molecule has 1 aromatic heterocycles. The molecule has 1 fully saturated rings. The summed E-state index contributed by atoms with van der Waals surface area (Å²) in [6.45, 7) is 1.60. The maximum Gasteiger partial charge on any atom is 0.235 e. The van der Waals surface area contributed by atoms with Crippen LogP contribution in [0.2, 0.25) is 0 Å². The van der Waals surface area contributed by atoms with Crippen molar-refractivity contribution in [3.63, 3.8) is 0 Å². The van der Waals surface area contributed by atoms with Crippen molar-refractivity contribution in [1.82, 2.24) is 9.78 Å². The van der Waals surface area contributed by atoms with Gasteiger partial charge in [0.05, 0.1) is 29.9 Å². The van der Waals surface area contributed by atoms with Gasteiger partial charge >= 0.3 is 0 Å². The first-order valence-corrected chi connectivity index (χ1v) is 6.40. The van der Waals surface area contributed by atoms with E-state index in [-0.39, 0.29) is 12.0 Å². The number of carbonyl (C=O) groups excluding carboxylic acids is 1. The molecule has 0 aromatic carbocycles. The molecular weight excluding hydrogens is 274 g/mol. The number of hydrogen-bond donors (Lipinski definition) is 1. The van der Waals surface area contributed by atoms with Gasteiger partial charge in [0.2, 0.25) is 5.91 Å². The van der Waals surface area contributed by atoms with Crippen LogP contribution in [0.4, 0.5) is 5.69 Å². The van der Waals surface area contributed by atoms with E-state index in [2.05, 4.69) is 26.3 Å². The number of amides is 1. The first-order valence-electron chi connectivity index (χ1n) is 5.28. The van der Waals surface area contributed by atoms with Gasteiger partial charge in [-0.15, -0.1) is 0 Å². The topological polar surface area (TPSA) is 56.2 Å². The molecule has 0 aliphatic carbocycles. The summed E-state index contributed by atoms with van der Waals surface area (Å²) in [6, 6.07) is 0. The molecular formula is C10H14BrN3O2. The summed E-state index contributed by atoms with van der Waals surface area (Å²) in [5, 5.41) is 7.20. The fourth-order valence-corrected chi connectivity index (χ4v) is 1.86. The van der Waals surface area contributed by atoms with Crippen molar-refractivity contribution < 1.29 is 9.53 Å². The van der Waals surface area contributed by atoms with E-state index in [1.54, 1.807) is 10.9 Å². The number of nitrogens with zero attached hydrogens (tertiary/aromatic N) is 2. The summed E-state index contributed by atoms with van der Waals surface area (Å²) in [5.41, 5.74) is 0.724. The number of rotatable bonds is 4. The Morgan fingerprint density at radius 1 is 1.75 bits per heavy atom. The van der Waals surface area contributed by atoms with Crippen LogP contribution in [0.3, 0.4) is 0 Å². The highest BCUT2D eigenvalue weighted by Gasteiger charge is 2.16. The minimum Gasteiger partial charge on any atom is -0.376 e. The van der Waals surface area contributed by atoms with Gasteiger partial charge in [-0.25, -0.2) is 0 Å². The predicted octanol–water partition coefficient (Wildman–Crippen LogP) is 1.40. The van der Waals surface area contributed by atoms with Crippen LogP contribution in [0.15, 0.2) is 12.4 Å². The van der Waals surface area contributed by atoms with E-state index in [4.69, 9.17) is 4.74 Å². The quantitative estimate of drug-likeness (QED) is 0.852. The average molecular weight is 288 g/mol. The number of hydrogen-bond acceptors (Lipinski definition) is 3. The molecule has 1 unspecified atom stereocenters. The molecule has 88 valence electrons. The molecule has 0 radical (unpaired) electrons. The lowest BCUT2D eigenvalue weighted by Crippen LogP contribution is -2.15. The summed E-state index contributed by atoms with van der Waals surface area (Å²) in [6.07, 6.45) is 5.94. The highest BCUT2D eigenvalue weighted by Crippen LogP contribution is 2.14. The van der Waals surface area contributed by atoms with Gasteiger partial charge in [0.15, 0.2) is 0 Å². The lowest BCUT2D eigenvalue weighted by molar-refractivity contribution is -0.113. The van der Waals surface area contributed by atoms with Gasteiger partial charge in [0.25, 0.3) is 0 Å². The minimum absolute atomic E-state index is 0.0725. The third-order valence-electron chi connectivity index (χ3n) is 2.45. The number of nitrogens with one attached hydrogen (secondary N) is 1. The Labute approximate surface area is 102 Å². The number of carbonyl (C=O) groups is 1. The van der Waals surface area contributed by atoms with E-state index in [0.29, 0.717) is 5.33 Å². The Morgan fingerprint density at radius 3 is 3.31 bits per heavy atom. The summed E-state index contributed by atoms with van der Waals surface area (Å²) < 4.78 is 7.32. The molecule has 0 bridgehead atoms. The molecule has 6 heteroatoms. The zero-order valence-electron chi connectivity index (χ0n) is 8.86. The number of aromatic nitrogens is 2. The maximum absolute atomic E-state index is 11.1. The highest BCUT2D eigenvalue weighted by atomic mass is 79.9. The molecule has 5 nitrogen and oxygen atoms in total. The fraction of sp³-hybridized carbons (Fsp3) is 0.600. The zero-order chi connectivity index (χ0) is 11.4. The molecule has 2 rings (SSSR count). The number of anilines is 1. The standard InChI is InChI=1S/C10H14BrN3O2/c11-4-10(15)13-8-5-12-14(6-8)7-9-2-1-3-16-9/h5-6,9H,1-4,7H2,(H,13,15). The normalized spacial score (nSPS) is 19.9. The Balaban J connectivity index is 1.88. The molecule has 1 aliphatic rings. The van der Waals surface area contributed by atoms with Crippen molar-refractivity contribution in [1.29, 1.82) is 0 Å². The SMILES string of the molecule is O=C(CBr)Nc1cnn(CC2CCCO2)c1. The van der Waals surface area contributed by atoms with Crippen molar-refractivity contribution in [3.05, 3.63) is 12.4 Å². The van der Waals surface area contributed by atoms with Crippen molar-refractivity contribution >= 4 is 27.5 Å². The third kappa shape index (κ3) is 3.05. The van der Waals surface area contributed by atoms with Gasteiger partial charge < -0.3 is 10.1 Å². The molecule has 1 N–H and O–H groups in total. The second kappa shape index (κ2) is 5.45. The first kappa shape index (κ1) is 11.6. The van der Waals surface area contributed by atoms with Crippen LogP contribution < -0.4 is 5.32 Å². The number of alkyl halides is 1. The molecule has 1 atom stereocenters. The number of halogens is 1. The Bertz CT molecular complexity index is 361. The van der Waals surface area contributed by atoms with Crippen LogP contribution >= 0.6 is 15.9 Å². The smallest absolute Gasteiger partial charge is 0.235 e. The van der Waals surface area contributed by atoms with E-state index in [1.165, 1.54) is 0 Å². The van der Waals surface area contributed by atoms with E-state index in [9.17, 15) is 4.79 Å². The van der Waals surface area contributed by atoms with Crippen LogP contribution in [0.25, 0.3) is 0 Å². The van der Waals surface area contributed by atoms with E-state index >= 15 is 0 Å². The van der Waals surface area contributed by atoms with Gasteiger partial charge in [-0.2, -0.15) is 5.10 Å². The molecule has 1 aliphatic heterocycles. The Morgan fingerprint density at radius 2 is 2.62 bits per heavy atom. The summed E-state index contributed by atoms with van der Waals surface area (Å²) >= 11 is 3.09. The van der Waals surface area contributed by atoms with Gasteiger partial charge in [-0.1, -0.05) is 15.9 Å². The molecule has 1 aromatic rings. The van der Waals surface area contributed by atoms with Crippen molar-refractivity contribution in [2.75, 3.05) is 17.3 Å². The van der Waals surface area contributed by atoms with Crippen LogP contribution in [0.5, 0.6) is 0 Å². The van der Waals surface area contributed by atoms with Crippen LogP contribution in [0, 0.1) is 0 Å². The number of ether oxygens (including phenoxy) is 1. The van der Waals surface area contributed by atoms with E-state index < -0.39 is 0 Å². The molecule has 1 amide bonds. The predicted molar refractivity (Wildman–Crippen MR) is 63.6 cm³/mol. The molecule has 1 saturated heterocycles.